The van der Waals surface area contributed by atoms with Gasteiger partial charge in [0.05, 0.1) is 29.0 Å². The van der Waals surface area contributed by atoms with Crippen LogP contribution >= 0.6 is 11.3 Å². The molecule has 1 aromatic rings. The summed E-state index contributed by atoms with van der Waals surface area (Å²) in [6, 6.07) is 0. The number of thiazole rings is 1. The van der Waals surface area contributed by atoms with Gasteiger partial charge >= 0.3 is 0 Å². The van der Waals surface area contributed by atoms with Crippen LogP contribution in [0.1, 0.15) is 29.5 Å². The second kappa shape index (κ2) is 4.11. The number of aliphatic hydroxyl groups excluding tert-OH is 1. The van der Waals surface area contributed by atoms with E-state index in [0.717, 1.165) is 35.6 Å². The summed E-state index contributed by atoms with van der Waals surface area (Å²) >= 11 is 1.49. The summed E-state index contributed by atoms with van der Waals surface area (Å²) in [5.41, 5.74) is 3.63. The lowest BCUT2D eigenvalue weighted by atomic mass is 10.0. The first-order valence-electron chi connectivity index (χ1n) is 4.67. The second-order valence-corrected chi connectivity index (χ2v) is 4.26. The number of rotatable bonds is 2. The van der Waals surface area contributed by atoms with Gasteiger partial charge in [-0.3, -0.25) is 0 Å². The Bertz CT molecular complexity index is 346. The lowest BCUT2D eigenvalue weighted by Crippen LogP contribution is -2.07. The maximum absolute atomic E-state index is 10.0. The van der Waals surface area contributed by atoms with Gasteiger partial charge in [0.15, 0.2) is 0 Å². The van der Waals surface area contributed by atoms with Crippen LogP contribution in [0.15, 0.2) is 17.3 Å². The van der Waals surface area contributed by atoms with E-state index in [1.54, 1.807) is 11.8 Å². The zero-order valence-corrected chi connectivity index (χ0v) is 8.88. The van der Waals surface area contributed by atoms with Crippen LogP contribution in [0.3, 0.4) is 0 Å². The number of aliphatic hydroxyl groups is 1. The molecule has 0 amide bonds. The molecule has 0 aliphatic carbocycles. The number of hydrogen-bond donors (Lipinski definition) is 1. The molecule has 2 rings (SSSR count). The minimum atomic E-state index is -0.525. The van der Waals surface area contributed by atoms with Crippen LogP contribution in [0, 0.1) is 6.92 Å². The van der Waals surface area contributed by atoms with Gasteiger partial charge in [-0.1, -0.05) is 0 Å². The molecule has 1 unspecified atom stereocenters. The van der Waals surface area contributed by atoms with Crippen molar-refractivity contribution in [2.75, 3.05) is 6.61 Å². The Kier molecular flexibility index (Phi) is 2.84. The molecular weight excluding hydrogens is 198 g/mol. The molecule has 0 spiro atoms. The average molecular weight is 211 g/mol. The van der Waals surface area contributed by atoms with Gasteiger partial charge in [-0.05, 0) is 25.3 Å². The van der Waals surface area contributed by atoms with Gasteiger partial charge in [0.2, 0.25) is 0 Å². The summed E-state index contributed by atoms with van der Waals surface area (Å²) in [7, 11) is 0. The summed E-state index contributed by atoms with van der Waals surface area (Å²) < 4.78 is 5.20. The Morgan fingerprint density at radius 2 is 2.50 bits per heavy atom. The van der Waals surface area contributed by atoms with E-state index >= 15 is 0 Å². The highest BCUT2D eigenvalue weighted by Crippen LogP contribution is 2.31. The molecule has 0 saturated carbocycles. The predicted octanol–water partition coefficient (Wildman–Crippen LogP) is 2.18. The smallest absolute Gasteiger partial charge is 0.114 e. The molecule has 0 aromatic carbocycles. The molecule has 1 N–H and O–H groups in total. The van der Waals surface area contributed by atoms with E-state index in [1.165, 1.54) is 11.3 Å². The summed E-state index contributed by atoms with van der Waals surface area (Å²) in [5, 5.41) is 10.0. The lowest BCUT2D eigenvalue weighted by Gasteiger charge is -2.18. The average Bonchev–Trinajstić information content (AvgIpc) is 2.65. The largest absolute Gasteiger partial charge is 0.501 e. The molecule has 4 heteroatoms. The van der Waals surface area contributed by atoms with Crippen molar-refractivity contribution in [1.29, 1.82) is 0 Å². The molecule has 0 bridgehead atoms. The zero-order chi connectivity index (χ0) is 9.97. The first-order chi connectivity index (χ1) is 6.79. The van der Waals surface area contributed by atoms with Gasteiger partial charge in [-0.25, -0.2) is 4.98 Å². The number of hydrogen-bond acceptors (Lipinski definition) is 4. The Hall–Kier alpha value is -0.870. The third-order valence-corrected chi connectivity index (χ3v) is 3.33. The van der Waals surface area contributed by atoms with E-state index in [0.29, 0.717) is 0 Å². The van der Waals surface area contributed by atoms with E-state index in [9.17, 15) is 5.11 Å². The third-order valence-electron chi connectivity index (χ3n) is 2.34. The highest BCUT2D eigenvalue weighted by Gasteiger charge is 2.19. The molecule has 3 nitrogen and oxygen atoms in total. The lowest BCUT2D eigenvalue weighted by molar-refractivity contribution is 0.172. The van der Waals surface area contributed by atoms with E-state index in [2.05, 4.69) is 4.98 Å². The number of aromatic nitrogens is 1. The summed E-state index contributed by atoms with van der Waals surface area (Å²) in [5.74, 6) is 0. The minimum absolute atomic E-state index is 0.525. The Morgan fingerprint density at radius 1 is 1.64 bits per heavy atom. The fourth-order valence-electron chi connectivity index (χ4n) is 1.53. The van der Waals surface area contributed by atoms with Crippen molar-refractivity contribution in [3.63, 3.8) is 0 Å². The summed E-state index contributed by atoms with van der Waals surface area (Å²) in [6.07, 6.45) is 3.06. The second-order valence-electron chi connectivity index (χ2n) is 3.37. The van der Waals surface area contributed by atoms with E-state index in [-0.39, 0.29) is 0 Å². The first-order valence-corrected chi connectivity index (χ1v) is 5.55. The highest BCUT2D eigenvalue weighted by atomic mass is 32.1. The van der Waals surface area contributed by atoms with Gasteiger partial charge in [-0.2, -0.15) is 0 Å². The van der Waals surface area contributed by atoms with Gasteiger partial charge in [0, 0.05) is 0 Å². The van der Waals surface area contributed by atoms with Crippen LogP contribution in [0.25, 0.3) is 0 Å². The fraction of sp³-hybridized carbons (Fsp3) is 0.500. The molecule has 0 fully saturated rings. The molecular formula is C10H13NO2S. The third kappa shape index (κ3) is 1.81. The van der Waals surface area contributed by atoms with Gasteiger partial charge in [-0.15, -0.1) is 11.3 Å². The van der Waals surface area contributed by atoms with Crippen molar-refractivity contribution < 1.29 is 9.84 Å². The molecule has 1 aliphatic rings. The van der Waals surface area contributed by atoms with Crippen LogP contribution in [-0.4, -0.2) is 16.7 Å². The Labute approximate surface area is 87.1 Å². The van der Waals surface area contributed by atoms with E-state index < -0.39 is 6.10 Å². The standard InChI is InChI=1S/C10H13NO2S/c1-7-10(14-6-11-7)9(12)8-3-2-4-13-5-8/h5-6,9,12H,2-4H2,1H3. The van der Waals surface area contributed by atoms with Crippen molar-refractivity contribution in [2.24, 2.45) is 0 Å². The molecule has 1 atom stereocenters. The van der Waals surface area contributed by atoms with Crippen molar-refractivity contribution in [3.8, 4) is 0 Å². The highest BCUT2D eigenvalue weighted by molar-refractivity contribution is 7.09. The zero-order valence-electron chi connectivity index (χ0n) is 8.06. The Morgan fingerprint density at radius 3 is 3.07 bits per heavy atom. The summed E-state index contributed by atoms with van der Waals surface area (Å²) in [6.45, 7) is 2.68. The molecule has 2 heterocycles. The maximum atomic E-state index is 10.0. The summed E-state index contributed by atoms with van der Waals surface area (Å²) in [4.78, 5) is 5.06. The normalized spacial score (nSPS) is 18.6. The van der Waals surface area contributed by atoms with Gasteiger partial charge in [0.25, 0.3) is 0 Å². The van der Waals surface area contributed by atoms with Crippen molar-refractivity contribution in [1.82, 2.24) is 4.98 Å². The molecule has 1 aliphatic heterocycles. The molecule has 0 saturated heterocycles. The van der Waals surface area contributed by atoms with Crippen molar-refractivity contribution >= 4 is 11.3 Å². The van der Waals surface area contributed by atoms with Crippen molar-refractivity contribution in [2.45, 2.75) is 25.9 Å². The fourth-order valence-corrected chi connectivity index (χ4v) is 2.36. The van der Waals surface area contributed by atoms with Gasteiger partial charge < -0.3 is 9.84 Å². The number of nitrogens with zero attached hydrogens (tertiary/aromatic N) is 1. The quantitative estimate of drug-likeness (QED) is 0.815. The number of ether oxygens (including phenoxy) is 1. The maximum Gasteiger partial charge on any atom is 0.114 e. The van der Waals surface area contributed by atoms with Crippen LogP contribution in [0.4, 0.5) is 0 Å². The van der Waals surface area contributed by atoms with E-state index in [1.807, 2.05) is 6.92 Å². The van der Waals surface area contributed by atoms with Gasteiger partial charge in [0.1, 0.15) is 6.10 Å². The SMILES string of the molecule is Cc1ncsc1C(O)C1=COCCC1. The molecule has 0 radical (unpaired) electrons. The Balaban J connectivity index is 2.19. The molecule has 76 valence electrons. The van der Waals surface area contributed by atoms with Crippen LogP contribution in [0.2, 0.25) is 0 Å². The predicted molar refractivity (Wildman–Crippen MR) is 55.1 cm³/mol. The van der Waals surface area contributed by atoms with E-state index in [4.69, 9.17) is 4.74 Å². The van der Waals surface area contributed by atoms with Crippen LogP contribution in [-0.2, 0) is 4.74 Å². The minimum Gasteiger partial charge on any atom is -0.501 e. The van der Waals surface area contributed by atoms with Crippen LogP contribution < -0.4 is 0 Å². The van der Waals surface area contributed by atoms with Crippen LogP contribution in [0.5, 0.6) is 0 Å². The first kappa shape index (κ1) is 9.68. The monoisotopic (exact) mass is 211 g/mol. The topological polar surface area (TPSA) is 42.4 Å². The molecule has 1 aromatic heterocycles. The molecule has 14 heavy (non-hydrogen) atoms. The van der Waals surface area contributed by atoms with Crippen molar-refractivity contribution in [3.05, 3.63) is 27.9 Å². The number of aryl methyl sites for hydroxylation is 1.